The molecule has 1 atom stereocenters. The zero-order valence-corrected chi connectivity index (χ0v) is 11.6. The second-order valence-electron chi connectivity index (χ2n) is 4.56. The predicted molar refractivity (Wildman–Crippen MR) is 76.5 cm³/mol. The maximum Gasteiger partial charge on any atom is 0.272 e. The monoisotopic (exact) mass is 293 g/mol. The Hall–Kier alpha value is -1.94. The second-order valence-corrected chi connectivity index (χ2v) is 5.09. The van der Waals surface area contributed by atoms with Crippen LogP contribution in [0.4, 0.5) is 10.1 Å². The van der Waals surface area contributed by atoms with Crippen molar-refractivity contribution in [2.45, 2.75) is 18.7 Å². The largest absolute Gasteiger partial charge is 0.272 e. The van der Waals surface area contributed by atoms with Gasteiger partial charge in [-0.25, -0.2) is 4.39 Å². The highest BCUT2D eigenvalue weighted by Gasteiger charge is 2.18. The van der Waals surface area contributed by atoms with Crippen LogP contribution in [-0.4, -0.2) is 4.92 Å². The number of hydrogen-bond acceptors (Lipinski definition) is 2. The van der Waals surface area contributed by atoms with Gasteiger partial charge >= 0.3 is 0 Å². The van der Waals surface area contributed by atoms with Crippen molar-refractivity contribution in [3.63, 3.8) is 0 Å². The SMILES string of the molecule is Cc1cc(F)ccc1C(Cl)Cc1ccccc1[N+](=O)[O-]. The number of rotatable bonds is 4. The zero-order chi connectivity index (χ0) is 14.7. The Balaban J connectivity index is 2.28. The van der Waals surface area contributed by atoms with Gasteiger partial charge in [-0.2, -0.15) is 0 Å². The Bertz CT molecular complexity index is 646. The van der Waals surface area contributed by atoms with Crippen LogP contribution < -0.4 is 0 Å². The van der Waals surface area contributed by atoms with Crippen LogP contribution in [0.25, 0.3) is 0 Å². The van der Waals surface area contributed by atoms with Crippen LogP contribution in [0.1, 0.15) is 22.1 Å². The molecule has 2 aromatic rings. The minimum absolute atomic E-state index is 0.0536. The predicted octanol–water partition coefficient (Wildman–Crippen LogP) is 4.56. The molecule has 0 spiro atoms. The second kappa shape index (κ2) is 6.01. The van der Waals surface area contributed by atoms with Crippen molar-refractivity contribution in [1.29, 1.82) is 0 Å². The molecule has 0 aliphatic heterocycles. The summed E-state index contributed by atoms with van der Waals surface area (Å²) >= 11 is 6.33. The van der Waals surface area contributed by atoms with E-state index >= 15 is 0 Å². The number of benzene rings is 2. The van der Waals surface area contributed by atoms with Crippen LogP contribution in [0, 0.1) is 22.9 Å². The van der Waals surface area contributed by atoms with Crippen LogP contribution in [0.2, 0.25) is 0 Å². The van der Waals surface area contributed by atoms with E-state index in [0.717, 1.165) is 11.1 Å². The van der Waals surface area contributed by atoms with Gasteiger partial charge < -0.3 is 0 Å². The molecule has 5 heteroatoms. The molecule has 1 unspecified atom stereocenters. The molecule has 0 saturated heterocycles. The van der Waals surface area contributed by atoms with Gasteiger partial charge in [0, 0.05) is 11.6 Å². The molecule has 0 radical (unpaired) electrons. The molecule has 0 N–H and O–H groups in total. The summed E-state index contributed by atoms with van der Waals surface area (Å²) in [6.45, 7) is 1.77. The fourth-order valence-corrected chi connectivity index (χ4v) is 2.57. The Kier molecular flexibility index (Phi) is 4.35. The van der Waals surface area contributed by atoms with E-state index in [1.807, 2.05) is 0 Å². The van der Waals surface area contributed by atoms with E-state index in [1.165, 1.54) is 18.2 Å². The highest BCUT2D eigenvalue weighted by molar-refractivity contribution is 6.21. The number of aryl methyl sites for hydroxylation is 1. The average molecular weight is 294 g/mol. The molecule has 0 aliphatic carbocycles. The third kappa shape index (κ3) is 3.14. The van der Waals surface area contributed by atoms with Gasteiger partial charge in [0.1, 0.15) is 5.82 Å². The van der Waals surface area contributed by atoms with Crippen molar-refractivity contribution in [2.24, 2.45) is 0 Å². The first kappa shape index (κ1) is 14.5. The van der Waals surface area contributed by atoms with Crippen molar-refractivity contribution in [1.82, 2.24) is 0 Å². The van der Waals surface area contributed by atoms with E-state index in [2.05, 4.69) is 0 Å². The van der Waals surface area contributed by atoms with Gasteiger partial charge in [-0.15, -0.1) is 11.6 Å². The summed E-state index contributed by atoms with van der Waals surface area (Å²) in [5.74, 6) is -0.319. The Morgan fingerprint density at radius 1 is 1.30 bits per heavy atom. The lowest BCUT2D eigenvalue weighted by Gasteiger charge is -2.13. The van der Waals surface area contributed by atoms with Gasteiger partial charge in [-0.1, -0.05) is 24.3 Å². The summed E-state index contributed by atoms with van der Waals surface area (Å²) < 4.78 is 13.1. The fourth-order valence-electron chi connectivity index (χ4n) is 2.16. The third-order valence-corrected chi connectivity index (χ3v) is 3.55. The average Bonchev–Trinajstić information content (AvgIpc) is 2.38. The van der Waals surface area contributed by atoms with Crippen LogP contribution in [-0.2, 0) is 6.42 Å². The summed E-state index contributed by atoms with van der Waals surface area (Å²) in [4.78, 5) is 10.5. The van der Waals surface area contributed by atoms with Crippen LogP contribution in [0.15, 0.2) is 42.5 Å². The van der Waals surface area contributed by atoms with E-state index in [4.69, 9.17) is 11.6 Å². The molecular weight excluding hydrogens is 281 g/mol. The molecule has 0 bridgehead atoms. The molecule has 2 rings (SSSR count). The molecular formula is C15H13ClFNO2. The fraction of sp³-hybridized carbons (Fsp3) is 0.200. The summed E-state index contributed by atoms with van der Waals surface area (Å²) in [5, 5.41) is 10.5. The highest BCUT2D eigenvalue weighted by atomic mass is 35.5. The van der Waals surface area contributed by atoms with Crippen LogP contribution in [0.3, 0.4) is 0 Å². The lowest BCUT2D eigenvalue weighted by Crippen LogP contribution is -2.02. The van der Waals surface area contributed by atoms with Crippen molar-refractivity contribution in [2.75, 3.05) is 0 Å². The van der Waals surface area contributed by atoms with E-state index in [9.17, 15) is 14.5 Å². The maximum absolute atomic E-state index is 13.1. The van der Waals surface area contributed by atoms with Gasteiger partial charge in [0.2, 0.25) is 0 Å². The molecule has 0 fully saturated rings. The number of para-hydroxylation sites is 1. The van der Waals surface area contributed by atoms with Gasteiger partial charge in [-0.05, 0) is 36.6 Å². The van der Waals surface area contributed by atoms with Crippen molar-refractivity contribution >= 4 is 17.3 Å². The first-order valence-electron chi connectivity index (χ1n) is 6.11. The molecule has 20 heavy (non-hydrogen) atoms. The van der Waals surface area contributed by atoms with Crippen LogP contribution in [0.5, 0.6) is 0 Å². The molecule has 3 nitrogen and oxygen atoms in total. The summed E-state index contributed by atoms with van der Waals surface area (Å²) in [6.07, 6.45) is 0.325. The molecule has 2 aromatic carbocycles. The number of nitrogens with zero attached hydrogens (tertiary/aromatic N) is 1. The minimum Gasteiger partial charge on any atom is -0.258 e. The molecule has 0 amide bonds. The van der Waals surface area contributed by atoms with Crippen molar-refractivity contribution in [3.8, 4) is 0 Å². The number of alkyl halides is 1. The lowest BCUT2D eigenvalue weighted by atomic mass is 9.99. The van der Waals surface area contributed by atoms with E-state index in [1.54, 1.807) is 31.2 Å². The molecule has 0 saturated carbocycles. The smallest absolute Gasteiger partial charge is 0.258 e. The summed E-state index contributed by atoms with van der Waals surface area (Å²) in [7, 11) is 0. The van der Waals surface area contributed by atoms with Crippen molar-refractivity contribution in [3.05, 3.63) is 75.1 Å². The molecule has 0 aromatic heterocycles. The number of halogens is 2. The lowest BCUT2D eigenvalue weighted by molar-refractivity contribution is -0.385. The first-order chi connectivity index (χ1) is 9.49. The third-order valence-electron chi connectivity index (χ3n) is 3.16. The van der Waals surface area contributed by atoms with Crippen molar-refractivity contribution < 1.29 is 9.31 Å². The Labute approximate surface area is 121 Å². The van der Waals surface area contributed by atoms with Gasteiger partial charge in [-0.3, -0.25) is 10.1 Å². The molecule has 104 valence electrons. The number of hydrogen-bond donors (Lipinski definition) is 0. The van der Waals surface area contributed by atoms with Gasteiger partial charge in [0.15, 0.2) is 0 Å². The topological polar surface area (TPSA) is 43.1 Å². The summed E-state index contributed by atoms with van der Waals surface area (Å²) in [5.41, 5.74) is 2.15. The normalized spacial score (nSPS) is 12.2. The van der Waals surface area contributed by atoms with Gasteiger partial charge in [0.05, 0.1) is 10.3 Å². The highest BCUT2D eigenvalue weighted by Crippen LogP contribution is 2.31. The van der Waals surface area contributed by atoms with E-state index in [0.29, 0.717) is 12.0 Å². The first-order valence-corrected chi connectivity index (χ1v) is 6.55. The quantitative estimate of drug-likeness (QED) is 0.471. The molecule has 0 heterocycles. The minimum atomic E-state index is -0.434. The summed E-state index contributed by atoms with van der Waals surface area (Å²) in [6, 6.07) is 10.9. The van der Waals surface area contributed by atoms with E-state index < -0.39 is 10.3 Å². The van der Waals surface area contributed by atoms with Gasteiger partial charge in [0.25, 0.3) is 5.69 Å². The van der Waals surface area contributed by atoms with Crippen LogP contribution >= 0.6 is 11.6 Å². The maximum atomic E-state index is 13.1. The standard InChI is InChI=1S/C15H13ClFNO2/c1-10-8-12(17)6-7-13(10)14(16)9-11-4-2-3-5-15(11)18(19)20/h2-8,14H,9H2,1H3. The number of nitro benzene ring substituents is 1. The number of nitro groups is 1. The Morgan fingerprint density at radius 2 is 2.00 bits per heavy atom. The molecule has 0 aliphatic rings. The van der Waals surface area contributed by atoms with E-state index in [-0.39, 0.29) is 11.5 Å². The Morgan fingerprint density at radius 3 is 2.65 bits per heavy atom. The zero-order valence-electron chi connectivity index (χ0n) is 10.8.